The average Bonchev–Trinajstić information content (AvgIpc) is 3.61. The number of aromatic nitrogens is 6. The normalized spacial score (nSPS) is 12.8. The lowest BCUT2D eigenvalue weighted by molar-refractivity contribution is 0.0963. The number of hydrogen-bond donors (Lipinski definition) is 2. The molecule has 0 aliphatic rings. The van der Waals surface area contributed by atoms with Gasteiger partial charge in [-0.2, -0.15) is 5.10 Å². The van der Waals surface area contributed by atoms with Crippen molar-refractivity contribution < 1.29 is 9.90 Å². The number of H-pyrrole nitrogens is 1. The molecule has 0 amide bonds. The van der Waals surface area contributed by atoms with Crippen molar-refractivity contribution in [3.63, 3.8) is 0 Å². The third kappa shape index (κ3) is 4.97. The predicted molar refractivity (Wildman–Crippen MR) is 146 cm³/mol. The summed E-state index contributed by atoms with van der Waals surface area (Å²) in [5.41, 5.74) is 6.28. The fourth-order valence-electron chi connectivity index (χ4n) is 4.51. The summed E-state index contributed by atoms with van der Waals surface area (Å²) in [6.07, 6.45) is 7.20. The van der Waals surface area contributed by atoms with E-state index in [1.165, 1.54) is 11.3 Å². The molecule has 0 saturated carbocycles. The number of nitrogens with one attached hydrogen (secondary N) is 1. The van der Waals surface area contributed by atoms with Gasteiger partial charge in [0.2, 0.25) is 0 Å². The molecule has 0 bridgehead atoms. The molecule has 4 heterocycles. The van der Waals surface area contributed by atoms with Crippen LogP contribution in [0.25, 0.3) is 33.5 Å². The molecule has 8 nitrogen and oxygen atoms in total. The maximum atomic E-state index is 13.0. The first-order valence-corrected chi connectivity index (χ1v) is 13.0. The Labute approximate surface area is 219 Å². The molecule has 5 aromatic rings. The van der Waals surface area contributed by atoms with E-state index in [1.807, 2.05) is 44.6 Å². The van der Waals surface area contributed by atoms with E-state index in [0.29, 0.717) is 4.88 Å². The first-order valence-electron chi connectivity index (χ1n) is 12.2. The van der Waals surface area contributed by atoms with Crippen LogP contribution in [0.3, 0.4) is 0 Å². The van der Waals surface area contributed by atoms with E-state index in [-0.39, 0.29) is 30.1 Å². The Kier molecular flexibility index (Phi) is 6.51. The van der Waals surface area contributed by atoms with Gasteiger partial charge < -0.3 is 10.1 Å². The molecule has 1 unspecified atom stereocenters. The van der Waals surface area contributed by atoms with Gasteiger partial charge in [0.05, 0.1) is 34.1 Å². The van der Waals surface area contributed by atoms with Crippen LogP contribution in [0, 0.1) is 6.92 Å². The molecule has 2 N–H and O–H groups in total. The van der Waals surface area contributed by atoms with Crippen molar-refractivity contribution in [2.45, 2.75) is 45.4 Å². The Bertz CT molecular complexity index is 1590. The largest absolute Gasteiger partial charge is 0.396 e. The van der Waals surface area contributed by atoms with Crippen molar-refractivity contribution in [2.75, 3.05) is 6.61 Å². The van der Waals surface area contributed by atoms with Gasteiger partial charge in [0.15, 0.2) is 5.78 Å². The second-order valence-electron chi connectivity index (χ2n) is 10.4. The fourth-order valence-corrected chi connectivity index (χ4v) is 5.44. The minimum atomic E-state index is -0.295. The van der Waals surface area contributed by atoms with Gasteiger partial charge in [-0.15, -0.1) is 11.3 Å². The maximum absolute atomic E-state index is 13.0. The molecular weight excluding hydrogens is 484 g/mol. The lowest BCUT2D eigenvalue weighted by Gasteiger charge is -2.17. The van der Waals surface area contributed by atoms with Gasteiger partial charge in [-0.05, 0) is 30.2 Å². The number of aromatic amines is 1. The summed E-state index contributed by atoms with van der Waals surface area (Å²) in [7, 11) is 1.88. The number of fused-ring (bicyclic) bond motifs is 1. The van der Waals surface area contributed by atoms with Crippen molar-refractivity contribution in [3.8, 4) is 22.5 Å². The molecule has 190 valence electrons. The number of carbonyl (C=O) groups is 1. The number of benzene rings is 1. The van der Waals surface area contributed by atoms with E-state index in [9.17, 15) is 9.90 Å². The Balaban J connectivity index is 1.42. The number of Topliss-reactive ketones (excluding diaryl/α,β-unsaturated/α-hetero) is 1. The van der Waals surface area contributed by atoms with Gasteiger partial charge in [-0.3, -0.25) is 9.48 Å². The number of aliphatic hydroxyl groups is 1. The number of nitrogens with zero attached hydrogens (tertiary/aromatic N) is 5. The molecule has 4 aromatic heterocycles. The van der Waals surface area contributed by atoms with E-state index < -0.39 is 0 Å². The quantitative estimate of drug-likeness (QED) is 0.280. The van der Waals surface area contributed by atoms with Crippen molar-refractivity contribution in [3.05, 3.63) is 70.2 Å². The monoisotopic (exact) mass is 514 g/mol. The molecule has 0 saturated heterocycles. The summed E-state index contributed by atoms with van der Waals surface area (Å²) in [5, 5.41) is 16.3. The van der Waals surface area contributed by atoms with Gasteiger partial charge in [-0.1, -0.05) is 32.9 Å². The smallest absolute Gasteiger partial charge is 0.175 e. The van der Waals surface area contributed by atoms with E-state index in [0.717, 1.165) is 49.7 Å². The summed E-state index contributed by atoms with van der Waals surface area (Å²) in [5.74, 6) is -0.292. The minimum absolute atomic E-state index is 0.00305. The fraction of sp³-hybridized carbons (Fsp3) is 0.321. The Morgan fingerprint density at radius 3 is 2.59 bits per heavy atom. The first-order chi connectivity index (χ1) is 17.6. The summed E-state index contributed by atoms with van der Waals surface area (Å²) in [6, 6.07) is 8.10. The molecule has 0 spiro atoms. The number of hydrogen-bond acceptors (Lipinski definition) is 7. The van der Waals surface area contributed by atoms with Gasteiger partial charge in [0, 0.05) is 53.7 Å². The van der Waals surface area contributed by atoms with Crippen molar-refractivity contribution >= 4 is 28.2 Å². The van der Waals surface area contributed by atoms with Crippen LogP contribution in [0.1, 0.15) is 58.9 Å². The van der Waals surface area contributed by atoms with Crippen LogP contribution in [-0.4, -0.2) is 47.2 Å². The van der Waals surface area contributed by atoms with Crippen molar-refractivity contribution in [1.29, 1.82) is 0 Å². The van der Waals surface area contributed by atoms with Crippen molar-refractivity contribution in [1.82, 2.24) is 29.7 Å². The van der Waals surface area contributed by atoms with Crippen LogP contribution in [0.5, 0.6) is 0 Å². The lowest BCUT2D eigenvalue weighted by Crippen LogP contribution is -2.12. The Hall–Kier alpha value is -3.69. The predicted octanol–water partition coefficient (Wildman–Crippen LogP) is 5.44. The van der Waals surface area contributed by atoms with Crippen LogP contribution in [-0.2, 0) is 12.5 Å². The number of carbonyl (C=O) groups excluding carboxylic acids is 1. The second-order valence-corrected chi connectivity index (χ2v) is 11.5. The van der Waals surface area contributed by atoms with Crippen LogP contribution in [0.4, 0.5) is 0 Å². The van der Waals surface area contributed by atoms with E-state index in [2.05, 4.69) is 51.9 Å². The molecule has 9 heteroatoms. The standard InChI is InChI=1S/C28H30N6O2S/c1-16-8-17(25-21-10-22(19-11-32-34(5)13-19)33-26(21)31-15-30-25)6-7-20(16)18(14-35)9-23(36)24-12-29-27(37-24)28(2,3)4/h6-8,10-13,15,18,35H,9,14H2,1-5H3,(H,30,31,33). The number of rotatable bonds is 7. The SMILES string of the molecule is Cc1cc(-c2ncnc3[nH]c(-c4cnn(C)c4)cc23)ccc1C(CO)CC(=O)c1cnc(C(C)(C)C)s1. The zero-order valence-corrected chi connectivity index (χ0v) is 22.4. The molecule has 0 aliphatic heterocycles. The number of thiazole rings is 1. The molecule has 0 aliphatic carbocycles. The van der Waals surface area contributed by atoms with Crippen LogP contribution in [0.15, 0.2) is 49.2 Å². The van der Waals surface area contributed by atoms with Crippen molar-refractivity contribution in [2.24, 2.45) is 7.05 Å². The molecule has 1 aromatic carbocycles. The minimum Gasteiger partial charge on any atom is -0.396 e. The maximum Gasteiger partial charge on any atom is 0.175 e. The summed E-state index contributed by atoms with van der Waals surface area (Å²) in [4.78, 5) is 30.4. The average molecular weight is 515 g/mol. The van der Waals surface area contributed by atoms with Crippen LogP contribution >= 0.6 is 11.3 Å². The summed E-state index contributed by atoms with van der Waals surface area (Å²) < 4.78 is 1.76. The third-order valence-electron chi connectivity index (χ3n) is 6.50. The number of aliphatic hydroxyl groups excluding tert-OH is 1. The topological polar surface area (TPSA) is 110 Å². The Morgan fingerprint density at radius 2 is 1.95 bits per heavy atom. The van der Waals surface area contributed by atoms with E-state index >= 15 is 0 Å². The van der Waals surface area contributed by atoms with Gasteiger partial charge in [-0.25, -0.2) is 15.0 Å². The highest BCUT2D eigenvalue weighted by molar-refractivity contribution is 7.13. The highest BCUT2D eigenvalue weighted by Gasteiger charge is 2.24. The lowest BCUT2D eigenvalue weighted by atomic mass is 9.89. The second kappa shape index (κ2) is 9.64. The van der Waals surface area contributed by atoms with Gasteiger partial charge in [0.25, 0.3) is 0 Å². The zero-order chi connectivity index (χ0) is 26.3. The third-order valence-corrected chi connectivity index (χ3v) is 7.96. The summed E-state index contributed by atoms with van der Waals surface area (Å²) >= 11 is 1.44. The molecule has 37 heavy (non-hydrogen) atoms. The van der Waals surface area contributed by atoms with Crippen LogP contribution < -0.4 is 0 Å². The molecule has 1 atom stereocenters. The zero-order valence-electron chi connectivity index (χ0n) is 21.6. The highest BCUT2D eigenvalue weighted by Crippen LogP contribution is 2.34. The van der Waals surface area contributed by atoms with E-state index in [4.69, 9.17) is 0 Å². The molecule has 0 radical (unpaired) electrons. The first kappa shape index (κ1) is 25.0. The number of aryl methyl sites for hydroxylation is 2. The highest BCUT2D eigenvalue weighted by atomic mass is 32.1. The molecule has 0 fully saturated rings. The molecular formula is C28H30N6O2S. The van der Waals surface area contributed by atoms with Gasteiger partial charge in [0.1, 0.15) is 12.0 Å². The Morgan fingerprint density at radius 1 is 1.14 bits per heavy atom. The van der Waals surface area contributed by atoms with Gasteiger partial charge >= 0.3 is 0 Å². The molecule has 5 rings (SSSR count). The van der Waals surface area contributed by atoms with Crippen LogP contribution in [0.2, 0.25) is 0 Å². The number of ketones is 1. The van der Waals surface area contributed by atoms with E-state index in [1.54, 1.807) is 17.2 Å². The summed E-state index contributed by atoms with van der Waals surface area (Å²) in [6.45, 7) is 8.15.